The first-order valence-corrected chi connectivity index (χ1v) is 10.8. The number of hydrogen-bond donors (Lipinski definition) is 0. The van der Waals surface area contributed by atoms with Crippen LogP contribution >= 0.6 is 0 Å². The number of alkyl halides is 6. The van der Waals surface area contributed by atoms with E-state index in [1.807, 2.05) is 27.7 Å². The number of rotatable bonds is 5. The van der Waals surface area contributed by atoms with Crippen molar-refractivity contribution in [2.45, 2.75) is 50.9 Å². The van der Waals surface area contributed by atoms with Gasteiger partial charge in [-0.2, -0.15) is 36.5 Å². The lowest BCUT2D eigenvalue weighted by Gasteiger charge is -2.41. The largest absolute Gasteiger partial charge is 0.435 e. The molecule has 0 atom stereocenters. The Hall–Kier alpha value is -3.70. The third kappa shape index (κ3) is 4.59. The Bertz CT molecular complexity index is 1270. The second-order valence-corrected chi connectivity index (χ2v) is 9.30. The van der Waals surface area contributed by atoms with Gasteiger partial charge in [0.15, 0.2) is 23.0 Å². The molecule has 0 saturated carbocycles. The van der Waals surface area contributed by atoms with Crippen molar-refractivity contribution in [3.05, 3.63) is 83.7 Å². The molecule has 4 aromatic rings. The summed E-state index contributed by atoms with van der Waals surface area (Å²) in [5.41, 5.74) is -2.34. The van der Waals surface area contributed by atoms with Gasteiger partial charge in [0, 0.05) is 34.6 Å². The van der Waals surface area contributed by atoms with Crippen LogP contribution in [0.1, 0.15) is 50.5 Å². The molecule has 0 fully saturated rings. The molecule has 190 valence electrons. The van der Waals surface area contributed by atoms with Crippen molar-refractivity contribution in [2.24, 2.45) is 0 Å². The van der Waals surface area contributed by atoms with Crippen LogP contribution in [0.4, 0.5) is 26.3 Å². The molecule has 6 nitrogen and oxygen atoms in total. The van der Waals surface area contributed by atoms with Gasteiger partial charge in [0.1, 0.15) is 0 Å². The summed E-state index contributed by atoms with van der Waals surface area (Å²) in [6.45, 7) is 7.64. The molecule has 0 aromatic carbocycles. The Balaban J connectivity index is 1.69. The molecule has 0 unspecified atom stereocenters. The maximum Gasteiger partial charge on any atom is 0.435 e. The fourth-order valence-corrected chi connectivity index (χ4v) is 3.64. The van der Waals surface area contributed by atoms with Crippen molar-refractivity contribution in [3.63, 3.8) is 0 Å². The maximum atomic E-state index is 13.0. The number of halogens is 6. The predicted molar refractivity (Wildman–Crippen MR) is 119 cm³/mol. The van der Waals surface area contributed by atoms with E-state index < -0.39 is 34.6 Å². The summed E-state index contributed by atoms with van der Waals surface area (Å²) >= 11 is 0. The summed E-state index contributed by atoms with van der Waals surface area (Å²) in [6, 6.07) is 11.7. The van der Waals surface area contributed by atoms with Gasteiger partial charge in [0.2, 0.25) is 0 Å². The monoisotopic (exact) mass is 508 g/mol. The van der Waals surface area contributed by atoms with Crippen molar-refractivity contribution in [1.29, 1.82) is 0 Å². The van der Waals surface area contributed by atoms with E-state index in [2.05, 4.69) is 20.2 Å². The highest BCUT2D eigenvalue weighted by molar-refractivity contribution is 5.35. The van der Waals surface area contributed by atoms with Crippen LogP contribution in [-0.2, 0) is 23.2 Å². The zero-order valence-corrected chi connectivity index (χ0v) is 19.7. The van der Waals surface area contributed by atoms with Gasteiger partial charge in [-0.15, -0.1) is 0 Å². The smallest absolute Gasteiger partial charge is 0.233 e. The summed E-state index contributed by atoms with van der Waals surface area (Å²) in [6.07, 6.45) is -6.76. The lowest BCUT2D eigenvalue weighted by molar-refractivity contribution is -0.142. The molecule has 4 aromatic heterocycles. The van der Waals surface area contributed by atoms with E-state index in [1.54, 1.807) is 36.4 Å². The number of aromatic nitrogens is 6. The van der Waals surface area contributed by atoms with Crippen molar-refractivity contribution < 1.29 is 26.3 Å². The van der Waals surface area contributed by atoms with E-state index in [0.717, 1.165) is 21.5 Å². The highest BCUT2D eigenvalue weighted by atomic mass is 19.4. The van der Waals surface area contributed by atoms with Gasteiger partial charge in [-0.05, 0) is 36.4 Å². The van der Waals surface area contributed by atoms with Crippen LogP contribution < -0.4 is 0 Å². The van der Waals surface area contributed by atoms with E-state index in [1.165, 1.54) is 12.4 Å². The standard InChI is InChI=1S/C24H22F6N6/c1-21(2,15-7-5-9-19(31-15)35-13-11-17(33-35)23(25,26)27)22(3,4)16-8-6-10-20(32-16)36-14-12-18(34-36)24(28,29)30/h5-14H,1-4H3. The normalized spacial score (nSPS) is 13.3. The Morgan fingerprint density at radius 2 is 0.889 bits per heavy atom. The van der Waals surface area contributed by atoms with E-state index in [9.17, 15) is 26.3 Å². The van der Waals surface area contributed by atoms with E-state index in [4.69, 9.17) is 0 Å². The van der Waals surface area contributed by atoms with Gasteiger partial charge in [-0.1, -0.05) is 39.8 Å². The Kier molecular flexibility index (Phi) is 5.96. The van der Waals surface area contributed by atoms with Gasteiger partial charge in [0.25, 0.3) is 0 Å². The van der Waals surface area contributed by atoms with E-state index >= 15 is 0 Å². The first-order chi connectivity index (χ1) is 16.6. The average Bonchev–Trinajstić information content (AvgIpc) is 3.49. The molecular formula is C24H22F6N6. The molecule has 0 amide bonds. The predicted octanol–water partition coefficient (Wildman–Crippen LogP) is 6.14. The first kappa shape index (κ1) is 25.4. The summed E-state index contributed by atoms with van der Waals surface area (Å²) < 4.78 is 80.0. The van der Waals surface area contributed by atoms with E-state index in [0.29, 0.717) is 11.4 Å². The Morgan fingerprint density at radius 1 is 0.528 bits per heavy atom. The minimum absolute atomic E-state index is 0.213. The van der Waals surface area contributed by atoms with Gasteiger partial charge in [0.05, 0.1) is 0 Å². The third-order valence-electron chi connectivity index (χ3n) is 6.54. The van der Waals surface area contributed by atoms with Gasteiger partial charge < -0.3 is 0 Å². The van der Waals surface area contributed by atoms with Crippen molar-refractivity contribution in [3.8, 4) is 11.6 Å². The molecular weight excluding hydrogens is 486 g/mol. The number of hydrogen-bond acceptors (Lipinski definition) is 4. The van der Waals surface area contributed by atoms with Crippen LogP contribution in [-0.4, -0.2) is 29.5 Å². The summed E-state index contributed by atoms with van der Waals surface area (Å²) in [7, 11) is 0. The molecule has 0 radical (unpaired) electrons. The molecule has 0 bridgehead atoms. The maximum absolute atomic E-state index is 13.0. The van der Waals surface area contributed by atoms with Crippen LogP contribution in [0.25, 0.3) is 11.6 Å². The molecule has 0 N–H and O–H groups in total. The first-order valence-electron chi connectivity index (χ1n) is 10.8. The zero-order chi connectivity index (χ0) is 26.5. The van der Waals surface area contributed by atoms with Crippen LogP contribution in [0.5, 0.6) is 0 Å². The van der Waals surface area contributed by atoms with E-state index in [-0.39, 0.29) is 11.6 Å². The van der Waals surface area contributed by atoms with Gasteiger partial charge in [-0.3, -0.25) is 0 Å². The lowest BCUT2D eigenvalue weighted by atomic mass is 9.64. The summed E-state index contributed by atoms with van der Waals surface area (Å²) in [5, 5.41) is 7.17. The second-order valence-electron chi connectivity index (χ2n) is 9.30. The van der Waals surface area contributed by atoms with Crippen molar-refractivity contribution in [1.82, 2.24) is 29.5 Å². The highest BCUT2D eigenvalue weighted by Gasteiger charge is 2.42. The Morgan fingerprint density at radius 3 is 1.19 bits per heavy atom. The lowest BCUT2D eigenvalue weighted by Crippen LogP contribution is -2.42. The third-order valence-corrected chi connectivity index (χ3v) is 6.54. The number of nitrogens with zero attached hydrogens (tertiary/aromatic N) is 6. The molecule has 0 spiro atoms. The SMILES string of the molecule is CC(C)(c1cccc(-n2ccc(C(F)(F)F)n2)n1)C(C)(C)c1cccc(-n2ccc(C(F)(F)F)n2)n1. The second kappa shape index (κ2) is 8.45. The Labute approximate surface area is 202 Å². The molecule has 4 heterocycles. The van der Waals surface area contributed by atoms with Crippen molar-refractivity contribution >= 4 is 0 Å². The quantitative estimate of drug-likeness (QED) is 0.304. The topological polar surface area (TPSA) is 61.4 Å². The molecule has 0 aliphatic heterocycles. The molecule has 12 heteroatoms. The molecule has 4 rings (SSSR count). The van der Waals surface area contributed by atoms with Crippen LogP contribution in [0, 0.1) is 0 Å². The molecule has 0 saturated heterocycles. The molecule has 0 aliphatic carbocycles. The summed E-state index contributed by atoms with van der Waals surface area (Å²) in [4.78, 5) is 9.15. The molecule has 0 aliphatic rings. The van der Waals surface area contributed by atoms with Gasteiger partial charge >= 0.3 is 12.4 Å². The minimum atomic E-state index is -4.57. The van der Waals surface area contributed by atoms with Gasteiger partial charge in [-0.25, -0.2) is 19.3 Å². The average molecular weight is 508 g/mol. The van der Waals surface area contributed by atoms with Crippen LogP contribution in [0.15, 0.2) is 60.9 Å². The van der Waals surface area contributed by atoms with Crippen LogP contribution in [0.2, 0.25) is 0 Å². The fraction of sp³-hybridized carbons (Fsp3) is 0.333. The zero-order valence-electron chi connectivity index (χ0n) is 19.7. The summed E-state index contributed by atoms with van der Waals surface area (Å²) in [5.74, 6) is 0.426. The fourth-order valence-electron chi connectivity index (χ4n) is 3.64. The minimum Gasteiger partial charge on any atom is -0.233 e. The molecule has 36 heavy (non-hydrogen) atoms. The van der Waals surface area contributed by atoms with Crippen LogP contribution in [0.3, 0.4) is 0 Å². The highest BCUT2D eigenvalue weighted by Crippen LogP contribution is 2.42. The number of pyridine rings is 2. The van der Waals surface area contributed by atoms with Crippen molar-refractivity contribution in [2.75, 3.05) is 0 Å².